The van der Waals surface area contributed by atoms with Gasteiger partial charge in [-0.25, -0.2) is 9.97 Å². The van der Waals surface area contributed by atoms with E-state index in [1.54, 1.807) is 9.80 Å². The number of nitrogens with one attached hydrogen (secondary N) is 1. The van der Waals surface area contributed by atoms with Crippen LogP contribution in [0.5, 0.6) is 0 Å². The first-order valence-electron chi connectivity index (χ1n) is 10.3. The Hall–Kier alpha value is -3.66. The average Bonchev–Trinajstić information content (AvgIpc) is 3.42. The van der Waals surface area contributed by atoms with Crippen LogP contribution in [0.2, 0.25) is 0 Å². The fourth-order valence-corrected chi connectivity index (χ4v) is 5.02. The SMILES string of the molecule is O=C(Nc1nc2c(s1)CN(C(=O)C1CC(=O)N(c3ccccc3)C1)CC2)c1cnccn1. The molecule has 1 N–H and O–H groups in total. The molecule has 4 heterocycles. The van der Waals surface area contributed by atoms with Gasteiger partial charge in [0.25, 0.3) is 5.91 Å². The van der Waals surface area contributed by atoms with E-state index in [9.17, 15) is 14.4 Å². The first-order chi connectivity index (χ1) is 15.6. The maximum absolute atomic E-state index is 13.1. The maximum atomic E-state index is 13.1. The summed E-state index contributed by atoms with van der Waals surface area (Å²) in [6, 6.07) is 9.43. The zero-order valence-electron chi connectivity index (χ0n) is 17.1. The van der Waals surface area contributed by atoms with E-state index >= 15 is 0 Å². The van der Waals surface area contributed by atoms with Crippen LogP contribution in [0.25, 0.3) is 0 Å². The van der Waals surface area contributed by atoms with Crippen molar-refractivity contribution in [2.45, 2.75) is 19.4 Å². The lowest BCUT2D eigenvalue weighted by Crippen LogP contribution is -2.40. The summed E-state index contributed by atoms with van der Waals surface area (Å²) in [5.74, 6) is -0.768. The van der Waals surface area contributed by atoms with Gasteiger partial charge in [-0.1, -0.05) is 29.5 Å². The van der Waals surface area contributed by atoms with Crippen molar-refractivity contribution in [2.75, 3.05) is 23.3 Å². The molecule has 1 saturated heterocycles. The van der Waals surface area contributed by atoms with Crippen LogP contribution in [-0.2, 0) is 22.6 Å². The number of hydrogen-bond donors (Lipinski definition) is 1. The summed E-state index contributed by atoms with van der Waals surface area (Å²) in [7, 11) is 0. The minimum atomic E-state index is -0.373. The van der Waals surface area contributed by atoms with E-state index in [-0.39, 0.29) is 35.8 Å². The molecule has 2 aromatic heterocycles. The number of nitrogens with zero attached hydrogens (tertiary/aromatic N) is 5. The molecule has 162 valence electrons. The number of thiazole rings is 1. The van der Waals surface area contributed by atoms with Crippen molar-refractivity contribution < 1.29 is 14.4 Å². The highest BCUT2D eigenvalue weighted by Crippen LogP contribution is 2.31. The van der Waals surface area contributed by atoms with Crippen LogP contribution in [0.3, 0.4) is 0 Å². The van der Waals surface area contributed by atoms with Crippen molar-refractivity contribution in [3.63, 3.8) is 0 Å². The van der Waals surface area contributed by atoms with Crippen LogP contribution in [0, 0.1) is 5.92 Å². The molecule has 0 saturated carbocycles. The van der Waals surface area contributed by atoms with E-state index < -0.39 is 0 Å². The minimum Gasteiger partial charge on any atom is -0.337 e. The molecule has 5 rings (SSSR count). The zero-order chi connectivity index (χ0) is 22.1. The Bertz CT molecular complexity index is 1170. The van der Waals surface area contributed by atoms with Crippen molar-refractivity contribution in [1.29, 1.82) is 0 Å². The topological polar surface area (TPSA) is 108 Å². The van der Waals surface area contributed by atoms with Gasteiger partial charge in [-0.3, -0.25) is 24.7 Å². The number of amides is 3. The summed E-state index contributed by atoms with van der Waals surface area (Å²) in [4.78, 5) is 54.8. The van der Waals surface area contributed by atoms with Crippen LogP contribution < -0.4 is 10.2 Å². The Morgan fingerprint density at radius 2 is 2.00 bits per heavy atom. The first-order valence-corrected chi connectivity index (χ1v) is 11.1. The molecule has 0 bridgehead atoms. The highest BCUT2D eigenvalue weighted by Gasteiger charge is 2.38. The number of rotatable bonds is 4. The molecule has 1 aromatic carbocycles. The fraction of sp³-hybridized carbons (Fsp3) is 0.273. The van der Waals surface area contributed by atoms with E-state index in [2.05, 4.69) is 20.3 Å². The van der Waals surface area contributed by atoms with Crippen LogP contribution >= 0.6 is 11.3 Å². The molecule has 1 fully saturated rings. The molecule has 9 nitrogen and oxygen atoms in total. The van der Waals surface area contributed by atoms with Crippen molar-refractivity contribution in [2.24, 2.45) is 5.92 Å². The number of anilines is 2. The van der Waals surface area contributed by atoms with Crippen molar-refractivity contribution in [3.8, 4) is 0 Å². The normalized spacial score (nSPS) is 17.9. The third-order valence-corrected chi connectivity index (χ3v) is 6.60. The van der Waals surface area contributed by atoms with Gasteiger partial charge in [0.2, 0.25) is 11.8 Å². The Kier molecular flexibility index (Phi) is 5.36. The predicted molar refractivity (Wildman–Crippen MR) is 118 cm³/mol. The molecule has 2 aliphatic rings. The second-order valence-electron chi connectivity index (χ2n) is 7.68. The van der Waals surface area contributed by atoms with E-state index in [0.29, 0.717) is 31.2 Å². The summed E-state index contributed by atoms with van der Waals surface area (Å²) in [5.41, 5.74) is 1.92. The van der Waals surface area contributed by atoms with Gasteiger partial charge in [0.15, 0.2) is 5.13 Å². The van der Waals surface area contributed by atoms with Gasteiger partial charge in [0.05, 0.1) is 24.4 Å². The van der Waals surface area contributed by atoms with Gasteiger partial charge >= 0.3 is 0 Å². The number of fused-ring (bicyclic) bond motifs is 1. The predicted octanol–water partition coefficient (Wildman–Crippen LogP) is 2.12. The van der Waals surface area contributed by atoms with Gasteiger partial charge in [0.1, 0.15) is 5.69 Å². The van der Waals surface area contributed by atoms with E-state index in [4.69, 9.17) is 0 Å². The lowest BCUT2D eigenvalue weighted by atomic mass is 10.1. The summed E-state index contributed by atoms with van der Waals surface area (Å²) in [6.07, 6.45) is 5.19. The Morgan fingerprint density at radius 1 is 1.16 bits per heavy atom. The molecule has 0 radical (unpaired) electrons. The molecule has 1 atom stereocenters. The van der Waals surface area contributed by atoms with Crippen molar-refractivity contribution >= 4 is 39.9 Å². The zero-order valence-corrected chi connectivity index (χ0v) is 17.9. The number of hydrogen-bond acceptors (Lipinski definition) is 7. The van der Waals surface area contributed by atoms with E-state index in [0.717, 1.165) is 16.3 Å². The third kappa shape index (κ3) is 3.96. The Balaban J connectivity index is 1.24. The Morgan fingerprint density at radius 3 is 2.78 bits per heavy atom. The van der Waals surface area contributed by atoms with Gasteiger partial charge in [-0.15, -0.1) is 0 Å². The minimum absolute atomic E-state index is 0.0130. The van der Waals surface area contributed by atoms with Crippen LogP contribution in [-0.4, -0.2) is 50.7 Å². The maximum Gasteiger partial charge on any atom is 0.277 e. The standard InChI is InChI=1S/C22H20N6O3S/c29-19-10-14(12-28(19)15-4-2-1-3-5-15)21(31)27-9-6-16-18(13-27)32-22(25-16)26-20(30)17-11-23-7-8-24-17/h1-5,7-8,11,14H,6,9-10,12-13H2,(H,25,26,30). The largest absolute Gasteiger partial charge is 0.337 e. The fourth-order valence-electron chi connectivity index (χ4n) is 4.00. The van der Waals surface area contributed by atoms with Gasteiger partial charge < -0.3 is 9.80 Å². The molecular formula is C22H20N6O3S. The monoisotopic (exact) mass is 448 g/mol. The van der Waals surface area contributed by atoms with Crippen molar-refractivity contribution in [1.82, 2.24) is 19.9 Å². The summed E-state index contributed by atoms with van der Waals surface area (Å²) < 4.78 is 0. The smallest absolute Gasteiger partial charge is 0.277 e. The van der Waals surface area contributed by atoms with Gasteiger partial charge in [0, 0.05) is 48.9 Å². The van der Waals surface area contributed by atoms with Crippen molar-refractivity contribution in [3.05, 3.63) is 65.2 Å². The average molecular weight is 449 g/mol. The number of carbonyl (C=O) groups is 3. The van der Waals surface area contributed by atoms with Crippen LogP contribution in [0.4, 0.5) is 10.8 Å². The van der Waals surface area contributed by atoms with Gasteiger partial charge in [-0.2, -0.15) is 0 Å². The molecule has 0 aliphatic carbocycles. The highest BCUT2D eigenvalue weighted by molar-refractivity contribution is 7.15. The quantitative estimate of drug-likeness (QED) is 0.655. The number of carbonyl (C=O) groups excluding carboxylic acids is 3. The van der Waals surface area contributed by atoms with E-state index in [1.807, 2.05) is 30.3 Å². The summed E-state index contributed by atoms with van der Waals surface area (Å²) in [6.45, 7) is 1.37. The Labute approximate surface area is 188 Å². The molecule has 32 heavy (non-hydrogen) atoms. The molecule has 1 unspecified atom stereocenters. The summed E-state index contributed by atoms with van der Waals surface area (Å²) in [5, 5.41) is 3.23. The lowest BCUT2D eigenvalue weighted by Gasteiger charge is -2.28. The first kappa shape index (κ1) is 20.3. The molecular weight excluding hydrogens is 428 g/mol. The number of benzene rings is 1. The van der Waals surface area contributed by atoms with Crippen LogP contribution in [0.15, 0.2) is 48.9 Å². The lowest BCUT2D eigenvalue weighted by molar-refractivity contribution is -0.136. The third-order valence-electron chi connectivity index (χ3n) is 5.60. The summed E-state index contributed by atoms with van der Waals surface area (Å²) >= 11 is 1.36. The molecule has 3 aromatic rings. The second kappa shape index (κ2) is 8.46. The molecule has 3 amide bonds. The second-order valence-corrected chi connectivity index (χ2v) is 8.77. The highest BCUT2D eigenvalue weighted by atomic mass is 32.1. The number of aromatic nitrogens is 3. The molecule has 0 spiro atoms. The van der Waals surface area contributed by atoms with Crippen LogP contribution in [0.1, 0.15) is 27.5 Å². The van der Waals surface area contributed by atoms with Gasteiger partial charge in [-0.05, 0) is 12.1 Å². The number of para-hydroxylation sites is 1. The molecule has 2 aliphatic heterocycles. The molecule has 10 heteroatoms. The van der Waals surface area contributed by atoms with E-state index in [1.165, 1.54) is 29.9 Å².